The van der Waals surface area contributed by atoms with Gasteiger partial charge in [0.25, 0.3) is 0 Å². The van der Waals surface area contributed by atoms with E-state index in [1.807, 2.05) is 0 Å². The Labute approximate surface area is 113 Å². The van der Waals surface area contributed by atoms with E-state index in [0.717, 1.165) is 0 Å². The highest BCUT2D eigenvalue weighted by Crippen LogP contribution is 2.41. The fourth-order valence-corrected chi connectivity index (χ4v) is 3.11. The Hall–Kier alpha value is -1.53. The molecule has 1 aliphatic rings. The molecule has 1 unspecified atom stereocenters. The van der Waals surface area contributed by atoms with Gasteiger partial charge in [-0.3, -0.25) is 0 Å². The molecule has 0 spiro atoms. The van der Waals surface area contributed by atoms with Crippen molar-refractivity contribution in [3.8, 4) is 11.1 Å². The number of alkyl halides is 1. The standard InChI is InChI=1S/C17H15Cl/c1-12-10-16-14(13-6-3-2-4-7-13)8-5-9-15(16)17(12)11-18/h2-10,17H,11H2,1H3. The van der Waals surface area contributed by atoms with Gasteiger partial charge in [-0.25, -0.2) is 0 Å². The van der Waals surface area contributed by atoms with Gasteiger partial charge in [-0.05, 0) is 29.2 Å². The number of fused-ring (bicyclic) bond motifs is 1. The third kappa shape index (κ3) is 1.77. The lowest BCUT2D eigenvalue weighted by atomic mass is 9.93. The normalized spacial score (nSPS) is 17.4. The van der Waals surface area contributed by atoms with Crippen LogP contribution in [0.5, 0.6) is 0 Å². The van der Waals surface area contributed by atoms with Crippen LogP contribution in [-0.2, 0) is 0 Å². The summed E-state index contributed by atoms with van der Waals surface area (Å²) in [5.74, 6) is 1.04. The molecule has 0 saturated heterocycles. The van der Waals surface area contributed by atoms with Crippen LogP contribution < -0.4 is 0 Å². The van der Waals surface area contributed by atoms with Gasteiger partial charge >= 0.3 is 0 Å². The first-order valence-electron chi connectivity index (χ1n) is 6.23. The van der Waals surface area contributed by atoms with Gasteiger partial charge in [-0.2, -0.15) is 0 Å². The van der Waals surface area contributed by atoms with Gasteiger partial charge in [0, 0.05) is 11.8 Å². The minimum Gasteiger partial charge on any atom is -0.126 e. The van der Waals surface area contributed by atoms with E-state index in [-0.39, 0.29) is 0 Å². The third-order valence-electron chi connectivity index (χ3n) is 3.68. The predicted molar refractivity (Wildman–Crippen MR) is 79.0 cm³/mol. The largest absolute Gasteiger partial charge is 0.126 e. The summed E-state index contributed by atoms with van der Waals surface area (Å²) in [4.78, 5) is 0. The van der Waals surface area contributed by atoms with Crippen LogP contribution in [0.2, 0.25) is 0 Å². The van der Waals surface area contributed by atoms with Crippen molar-refractivity contribution in [1.29, 1.82) is 0 Å². The quantitative estimate of drug-likeness (QED) is 0.655. The molecule has 0 fully saturated rings. The molecular weight excluding hydrogens is 240 g/mol. The maximum absolute atomic E-state index is 6.09. The number of halogens is 1. The Balaban J connectivity index is 2.18. The summed E-state index contributed by atoms with van der Waals surface area (Å²) < 4.78 is 0. The Morgan fingerprint density at radius 1 is 1.00 bits per heavy atom. The van der Waals surface area contributed by atoms with E-state index in [1.54, 1.807) is 0 Å². The third-order valence-corrected chi connectivity index (χ3v) is 3.98. The van der Waals surface area contributed by atoms with E-state index in [4.69, 9.17) is 11.6 Å². The average molecular weight is 255 g/mol. The molecule has 90 valence electrons. The molecule has 3 rings (SSSR count). The van der Waals surface area contributed by atoms with E-state index < -0.39 is 0 Å². The van der Waals surface area contributed by atoms with Gasteiger partial charge in [0.15, 0.2) is 0 Å². The number of rotatable bonds is 2. The molecule has 0 heterocycles. The van der Waals surface area contributed by atoms with Crippen LogP contribution in [0.1, 0.15) is 24.0 Å². The molecule has 0 nitrogen and oxygen atoms in total. The molecule has 0 saturated carbocycles. The Bertz CT molecular complexity index is 596. The van der Waals surface area contributed by atoms with E-state index in [0.29, 0.717) is 11.8 Å². The molecular formula is C17H15Cl. The molecule has 0 bridgehead atoms. The van der Waals surface area contributed by atoms with E-state index in [9.17, 15) is 0 Å². The fraction of sp³-hybridized carbons (Fsp3) is 0.176. The molecule has 2 aromatic carbocycles. The molecule has 0 aliphatic heterocycles. The molecule has 2 aromatic rings. The number of benzene rings is 2. The van der Waals surface area contributed by atoms with Crippen LogP contribution in [0.15, 0.2) is 54.1 Å². The lowest BCUT2D eigenvalue weighted by Gasteiger charge is -2.12. The fourth-order valence-electron chi connectivity index (χ4n) is 2.70. The minimum atomic E-state index is 0.380. The second-order valence-electron chi connectivity index (χ2n) is 4.77. The monoisotopic (exact) mass is 254 g/mol. The predicted octanol–water partition coefficient (Wildman–Crippen LogP) is 5.09. The summed E-state index contributed by atoms with van der Waals surface area (Å²) in [6, 6.07) is 17.1. The molecule has 1 aliphatic carbocycles. The summed E-state index contributed by atoms with van der Waals surface area (Å²) >= 11 is 6.09. The zero-order valence-electron chi connectivity index (χ0n) is 10.4. The zero-order chi connectivity index (χ0) is 12.5. The van der Waals surface area contributed by atoms with Gasteiger partial charge in [0.1, 0.15) is 0 Å². The summed E-state index contributed by atoms with van der Waals surface area (Å²) in [6.45, 7) is 2.17. The van der Waals surface area contributed by atoms with Crippen molar-refractivity contribution in [2.45, 2.75) is 12.8 Å². The molecule has 0 N–H and O–H groups in total. The maximum atomic E-state index is 6.09. The number of allylic oxidation sites excluding steroid dienone is 1. The van der Waals surface area contributed by atoms with Gasteiger partial charge < -0.3 is 0 Å². The van der Waals surface area contributed by atoms with Gasteiger partial charge in [0.2, 0.25) is 0 Å². The lowest BCUT2D eigenvalue weighted by molar-refractivity contribution is 0.930. The SMILES string of the molecule is CC1=Cc2c(-c3ccccc3)cccc2C1CCl. The van der Waals surface area contributed by atoms with Crippen LogP contribution in [0.25, 0.3) is 17.2 Å². The van der Waals surface area contributed by atoms with Crippen LogP contribution in [0.4, 0.5) is 0 Å². The van der Waals surface area contributed by atoms with Crippen LogP contribution in [-0.4, -0.2) is 5.88 Å². The highest BCUT2D eigenvalue weighted by Gasteiger charge is 2.23. The van der Waals surface area contributed by atoms with E-state index in [1.165, 1.54) is 27.8 Å². The van der Waals surface area contributed by atoms with Crippen LogP contribution in [0, 0.1) is 0 Å². The first-order valence-corrected chi connectivity index (χ1v) is 6.77. The highest BCUT2D eigenvalue weighted by atomic mass is 35.5. The van der Waals surface area contributed by atoms with Crippen molar-refractivity contribution in [1.82, 2.24) is 0 Å². The molecule has 18 heavy (non-hydrogen) atoms. The van der Waals surface area contributed by atoms with Crippen molar-refractivity contribution in [2.75, 3.05) is 5.88 Å². The molecule has 0 aromatic heterocycles. The van der Waals surface area contributed by atoms with E-state index in [2.05, 4.69) is 61.5 Å². The minimum absolute atomic E-state index is 0.380. The van der Waals surface area contributed by atoms with Crippen molar-refractivity contribution < 1.29 is 0 Å². The highest BCUT2D eigenvalue weighted by molar-refractivity contribution is 6.18. The Morgan fingerprint density at radius 2 is 1.78 bits per heavy atom. The van der Waals surface area contributed by atoms with Crippen molar-refractivity contribution in [2.24, 2.45) is 0 Å². The average Bonchev–Trinajstić information content (AvgIpc) is 2.74. The van der Waals surface area contributed by atoms with Gasteiger partial charge in [-0.1, -0.05) is 60.2 Å². The summed E-state index contributed by atoms with van der Waals surface area (Å²) in [5.41, 5.74) is 6.65. The molecule has 1 heteroatoms. The second-order valence-corrected chi connectivity index (χ2v) is 5.08. The lowest BCUT2D eigenvalue weighted by Crippen LogP contribution is -1.98. The summed E-state index contributed by atoms with van der Waals surface area (Å²) in [6.07, 6.45) is 2.28. The van der Waals surface area contributed by atoms with Crippen molar-refractivity contribution in [3.05, 3.63) is 65.2 Å². The molecule has 0 amide bonds. The first kappa shape index (κ1) is 11.6. The summed E-state index contributed by atoms with van der Waals surface area (Å²) in [5, 5.41) is 0. The van der Waals surface area contributed by atoms with Crippen LogP contribution in [0.3, 0.4) is 0 Å². The molecule has 1 atom stereocenters. The van der Waals surface area contributed by atoms with Crippen LogP contribution >= 0.6 is 11.6 Å². The maximum Gasteiger partial charge on any atom is 0.0329 e. The van der Waals surface area contributed by atoms with Gasteiger partial charge in [0.05, 0.1) is 0 Å². The van der Waals surface area contributed by atoms with Gasteiger partial charge in [-0.15, -0.1) is 11.6 Å². The van der Waals surface area contributed by atoms with Crippen molar-refractivity contribution >= 4 is 17.7 Å². The molecule has 0 radical (unpaired) electrons. The Kier molecular flexibility index (Phi) is 2.97. The number of hydrogen-bond acceptors (Lipinski definition) is 0. The zero-order valence-corrected chi connectivity index (χ0v) is 11.1. The topological polar surface area (TPSA) is 0 Å². The smallest absolute Gasteiger partial charge is 0.0329 e. The van der Waals surface area contributed by atoms with E-state index >= 15 is 0 Å². The summed E-state index contributed by atoms with van der Waals surface area (Å²) in [7, 11) is 0. The Morgan fingerprint density at radius 3 is 2.50 bits per heavy atom. The number of hydrogen-bond donors (Lipinski definition) is 0. The second kappa shape index (κ2) is 4.62. The van der Waals surface area contributed by atoms with Crippen molar-refractivity contribution in [3.63, 3.8) is 0 Å². The first-order chi connectivity index (χ1) is 8.81.